The van der Waals surface area contributed by atoms with Gasteiger partial charge in [-0.1, -0.05) is 46.9 Å². The zero-order valence-corrected chi connectivity index (χ0v) is 9.50. The van der Waals surface area contributed by atoms with E-state index in [1.54, 1.807) is 0 Å². The van der Waals surface area contributed by atoms with Gasteiger partial charge in [-0.25, -0.2) is 0 Å². The number of allylic oxidation sites excluding steroid dienone is 2. The van der Waals surface area contributed by atoms with Gasteiger partial charge in [0.1, 0.15) is 5.70 Å². The van der Waals surface area contributed by atoms with Gasteiger partial charge in [0.2, 0.25) is 0 Å². The highest BCUT2D eigenvalue weighted by molar-refractivity contribution is 5.43. The first-order chi connectivity index (χ1) is 6.40. The van der Waals surface area contributed by atoms with Gasteiger partial charge in [-0.15, -0.1) is 4.91 Å². The molecule has 0 aromatic heterocycles. The van der Waals surface area contributed by atoms with Crippen molar-refractivity contribution in [2.24, 2.45) is 17.0 Å². The van der Waals surface area contributed by atoms with Crippen molar-refractivity contribution in [1.29, 1.82) is 0 Å². The summed E-state index contributed by atoms with van der Waals surface area (Å²) in [6.07, 6.45) is 2.10. The van der Waals surface area contributed by atoms with Gasteiger partial charge in [0, 0.05) is 0 Å². The lowest BCUT2D eigenvalue weighted by Crippen LogP contribution is -2.00. The predicted octanol–water partition coefficient (Wildman–Crippen LogP) is 4.06. The molecule has 0 aliphatic heterocycles. The average Bonchev–Trinajstić information content (AvgIpc) is 2.11. The van der Waals surface area contributed by atoms with Gasteiger partial charge in [-0.3, -0.25) is 0 Å². The quantitative estimate of drug-likeness (QED) is 0.478. The molecule has 0 spiro atoms. The van der Waals surface area contributed by atoms with E-state index in [0.717, 1.165) is 5.57 Å². The van der Waals surface area contributed by atoms with E-state index < -0.39 is 0 Å². The maximum atomic E-state index is 10.3. The Morgan fingerprint density at radius 2 is 1.71 bits per heavy atom. The second-order valence-corrected chi connectivity index (χ2v) is 4.04. The SMILES string of the molecule is C=C(N=O)C(=C)/C(=C/C(C)C)C(C)C. The third-order valence-corrected chi connectivity index (χ3v) is 1.94. The molecule has 0 fully saturated rings. The normalized spacial score (nSPS) is 12.0. The number of nitrogens with zero attached hydrogens (tertiary/aromatic N) is 1. The second kappa shape index (κ2) is 5.53. The molecule has 0 amide bonds. The van der Waals surface area contributed by atoms with E-state index in [4.69, 9.17) is 0 Å². The van der Waals surface area contributed by atoms with E-state index in [2.05, 4.69) is 52.1 Å². The smallest absolute Gasteiger partial charge is 0.107 e. The minimum atomic E-state index is 0.227. The molecule has 0 aliphatic carbocycles. The standard InChI is InChI=1S/C12H19NO/c1-8(2)7-12(9(3)4)10(5)11(6)13-14/h7-9H,5-6H2,1-4H3/b12-7+. The Morgan fingerprint density at radius 3 is 2.00 bits per heavy atom. The third kappa shape index (κ3) is 3.69. The summed E-state index contributed by atoms with van der Waals surface area (Å²) < 4.78 is 0. The monoisotopic (exact) mass is 193 g/mol. The summed E-state index contributed by atoms with van der Waals surface area (Å²) in [5.74, 6) is 0.770. The Morgan fingerprint density at radius 1 is 1.21 bits per heavy atom. The highest BCUT2D eigenvalue weighted by Gasteiger charge is 2.11. The molecule has 0 N–H and O–H groups in total. The van der Waals surface area contributed by atoms with Gasteiger partial charge in [0.15, 0.2) is 0 Å². The van der Waals surface area contributed by atoms with Gasteiger partial charge in [-0.05, 0) is 28.2 Å². The van der Waals surface area contributed by atoms with Crippen LogP contribution in [0.2, 0.25) is 0 Å². The molecule has 0 radical (unpaired) electrons. The summed E-state index contributed by atoms with van der Waals surface area (Å²) in [6.45, 7) is 15.7. The van der Waals surface area contributed by atoms with Gasteiger partial charge >= 0.3 is 0 Å². The van der Waals surface area contributed by atoms with Crippen LogP contribution in [-0.4, -0.2) is 0 Å². The largest absolute Gasteiger partial charge is 0.145 e. The Kier molecular flexibility index (Phi) is 5.06. The lowest BCUT2D eigenvalue weighted by Gasteiger charge is -2.14. The lowest BCUT2D eigenvalue weighted by molar-refractivity contribution is 0.740. The molecule has 2 nitrogen and oxygen atoms in total. The molecule has 14 heavy (non-hydrogen) atoms. The second-order valence-electron chi connectivity index (χ2n) is 4.04. The summed E-state index contributed by atoms with van der Waals surface area (Å²) in [6, 6.07) is 0. The Bertz CT molecular complexity index is 272. The molecule has 0 atom stereocenters. The molecule has 0 rings (SSSR count). The van der Waals surface area contributed by atoms with Crippen LogP contribution in [0.1, 0.15) is 27.7 Å². The molecule has 0 heterocycles. The molecule has 0 unspecified atom stereocenters. The van der Waals surface area contributed by atoms with Crippen LogP contribution in [0.4, 0.5) is 0 Å². The van der Waals surface area contributed by atoms with Crippen molar-refractivity contribution in [2.45, 2.75) is 27.7 Å². The molecule has 2 heteroatoms. The fourth-order valence-electron chi connectivity index (χ4n) is 1.22. The Hall–Kier alpha value is -1.18. The van der Waals surface area contributed by atoms with Crippen LogP contribution < -0.4 is 0 Å². The van der Waals surface area contributed by atoms with Crippen molar-refractivity contribution in [2.75, 3.05) is 0 Å². The van der Waals surface area contributed by atoms with Crippen LogP contribution in [0.5, 0.6) is 0 Å². The van der Waals surface area contributed by atoms with Crippen molar-refractivity contribution < 1.29 is 0 Å². The van der Waals surface area contributed by atoms with Crippen molar-refractivity contribution in [3.63, 3.8) is 0 Å². The van der Waals surface area contributed by atoms with Crippen molar-refractivity contribution in [1.82, 2.24) is 0 Å². The van der Waals surface area contributed by atoms with Crippen LogP contribution >= 0.6 is 0 Å². The molecule has 78 valence electrons. The summed E-state index contributed by atoms with van der Waals surface area (Å²) in [5.41, 5.74) is 1.94. The number of hydrogen-bond donors (Lipinski definition) is 0. The van der Waals surface area contributed by atoms with E-state index in [1.807, 2.05) is 0 Å². The minimum Gasteiger partial charge on any atom is -0.145 e. The van der Waals surface area contributed by atoms with Crippen LogP contribution in [0, 0.1) is 16.7 Å². The molecular formula is C12H19NO. The first-order valence-electron chi connectivity index (χ1n) is 4.83. The lowest BCUT2D eigenvalue weighted by atomic mass is 9.92. The molecule has 0 bridgehead atoms. The first kappa shape index (κ1) is 12.8. The van der Waals surface area contributed by atoms with Crippen molar-refractivity contribution in [3.8, 4) is 0 Å². The molecular weight excluding hydrogens is 174 g/mol. The van der Waals surface area contributed by atoms with Crippen LogP contribution in [-0.2, 0) is 0 Å². The Balaban J connectivity index is 4.94. The van der Waals surface area contributed by atoms with E-state index in [9.17, 15) is 4.91 Å². The molecule has 0 saturated carbocycles. The minimum absolute atomic E-state index is 0.227. The fraction of sp³-hybridized carbons (Fsp3) is 0.500. The predicted molar refractivity (Wildman–Crippen MR) is 61.8 cm³/mol. The molecule has 0 aromatic carbocycles. The highest BCUT2D eigenvalue weighted by atomic mass is 16.3. The molecule has 0 saturated heterocycles. The van der Waals surface area contributed by atoms with Crippen LogP contribution in [0.3, 0.4) is 0 Å². The van der Waals surface area contributed by atoms with Gasteiger partial charge in [-0.2, -0.15) is 0 Å². The highest BCUT2D eigenvalue weighted by Crippen LogP contribution is 2.25. The van der Waals surface area contributed by atoms with E-state index in [-0.39, 0.29) is 5.70 Å². The van der Waals surface area contributed by atoms with Gasteiger partial charge in [0.05, 0.1) is 0 Å². The summed E-state index contributed by atoms with van der Waals surface area (Å²) >= 11 is 0. The van der Waals surface area contributed by atoms with E-state index in [0.29, 0.717) is 17.4 Å². The zero-order valence-electron chi connectivity index (χ0n) is 9.50. The fourth-order valence-corrected chi connectivity index (χ4v) is 1.22. The van der Waals surface area contributed by atoms with Gasteiger partial charge < -0.3 is 0 Å². The number of hydrogen-bond acceptors (Lipinski definition) is 2. The zero-order chi connectivity index (χ0) is 11.3. The average molecular weight is 193 g/mol. The van der Waals surface area contributed by atoms with E-state index >= 15 is 0 Å². The van der Waals surface area contributed by atoms with Crippen molar-refractivity contribution in [3.05, 3.63) is 41.0 Å². The summed E-state index contributed by atoms with van der Waals surface area (Å²) in [7, 11) is 0. The van der Waals surface area contributed by atoms with E-state index in [1.165, 1.54) is 0 Å². The number of rotatable bonds is 5. The Labute approximate surface area is 86.4 Å². The van der Waals surface area contributed by atoms with Crippen LogP contribution in [0.15, 0.2) is 41.3 Å². The third-order valence-electron chi connectivity index (χ3n) is 1.94. The van der Waals surface area contributed by atoms with Gasteiger partial charge in [0.25, 0.3) is 0 Å². The molecule has 0 aliphatic rings. The topological polar surface area (TPSA) is 29.4 Å². The van der Waals surface area contributed by atoms with Crippen molar-refractivity contribution >= 4 is 0 Å². The summed E-state index contributed by atoms with van der Waals surface area (Å²) in [4.78, 5) is 10.3. The molecule has 0 aromatic rings. The maximum Gasteiger partial charge on any atom is 0.107 e. The summed E-state index contributed by atoms with van der Waals surface area (Å²) in [5, 5.41) is 2.81. The maximum absolute atomic E-state index is 10.3. The first-order valence-corrected chi connectivity index (χ1v) is 4.83. The van der Waals surface area contributed by atoms with Crippen LogP contribution in [0.25, 0.3) is 0 Å². The number of nitroso groups, excluding NO2 is 1.